The summed E-state index contributed by atoms with van der Waals surface area (Å²) in [6.45, 7) is 1.36. The molecule has 0 unspecified atom stereocenters. The van der Waals surface area contributed by atoms with E-state index in [0.717, 1.165) is 40.7 Å². The number of nitrogens with two attached hydrogens (primary N) is 1. The van der Waals surface area contributed by atoms with Crippen LogP contribution in [0.5, 0.6) is 0 Å². The number of benzene rings is 1. The molecule has 8 heteroatoms. The van der Waals surface area contributed by atoms with E-state index in [2.05, 4.69) is 14.9 Å². The predicted molar refractivity (Wildman–Crippen MR) is 111 cm³/mol. The molecule has 1 saturated carbocycles. The summed E-state index contributed by atoms with van der Waals surface area (Å²) in [5, 5.41) is 4.27. The maximum atomic E-state index is 13.2. The van der Waals surface area contributed by atoms with E-state index in [1.54, 1.807) is 12.4 Å². The van der Waals surface area contributed by atoms with Crippen molar-refractivity contribution in [1.29, 1.82) is 0 Å². The molecule has 0 atom stereocenters. The molecule has 1 aromatic carbocycles. The van der Waals surface area contributed by atoms with Crippen LogP contribution in [0.2, 0.25) is 5.02 Å². The van der Waals surface area contributed by atoms with E-state index in [1.807, 2.05) is 35.2 Å². The van der Waals surface area contributed by atoms with Crippen molar-refractivity contribution in [2.45, 2.75) is 31.3 Å². The molecule has 0 bridgehead atoms. The van der Waals surface area contributed by atoms with Gasteiger partial charge in [-0.15, -0.1) is 0 Å². The van der Waals surface area contributed by atoms with Crippen LogP contribution in [0.25, 0.3) is 10.9 Å². The molecular weight excluding hydrogens is 390 g/mol. The van der Waals surface area contributed by atoms with Crippen LogP contribution in [-0.4, -0.2) is 28.0 Å². The number of carbonyl (C=O) groups is 2. The summed E-state index contributed by atoms with van der Waals surface area (Å²) in [5.41, 5.74) is 8.78. The zero-order valence-electron chi connectivity index (χ0n) is 15.7. The lowest BCUT2D eigenvalue weighted by atomic mass is 9.99. The van der Waals surface area contributed by atoms with Gasteiger partial charge in [-0.3, -0.25) is 9.78 Å². The van der Waals surface area contributed by atoms with Gasteiger partial charge in [0.15, 0.2) is 0 Å². The van der Waals surface area contributed by atoms with Gasteiger partial charge in [0.25, 0.3) is 0 Å². The number of hydrogen-bond donors (Lipinski definition) is 2. The predicted octanol–water partition coefficient (Wildman–Crippen LogP) is 2.94. The quantitative estimate of drug-likeness (QED) is 0.678. The van der Waals surface area contributed by atoms with Crippen molar-refractivity contribution in [2.75, 3.05) is 11.4 Å². The Kier molecular flexibility index (Phi) is 4.03. The van der Waals surface area contributed by atoms with Crippen LogP contribution in [0, 0.1) is 0 Å². The number of carbonyl (C=O) groups excluding carboxylic acids is 2. The van der Waals surface area contributed by atoms with Gasteiger partial charge in [-0.1, -0.05) is 11.6 Å². The number of nitrogens with one attached hydrogen (secondary N) is 1. The van der Waals surface area contributed by atoms with Crippen LogP contribution < -0.4 is 16.0 Å². The van der Waals surface area contributed by atoms with Crippen LogP contribution in [-0.2, 0) is 23.3 Å². The van der Waals surface area contributed by atoms with Crippen LogP contribution in [0.15, 0.2) is 42.7 Å². The number of pyridine rings is 1. The summed E-state index contributed by atoms with van der Waals surface area (Å²) in [5.74, 6) is 0.144. The minimum atomic E-state index is -0.559. The first-order valence-corrected chi connectivity index (χ1v) is 9.95. The van der Waals surface area contributed by atoms with Gasteiger partial charge < -0.3 is 20.5 Å². The number of urea groups is 1. The van der Waals surface area contributed by atoms with Crippen LogP contribution in [0.3, 0.4) is 0 Å². The minimum absolute atomic E-state index is 0.144. The summed E-state index contributed by atoms with van der Waals surface area (Å²) in [7, 11) is 0. The molecule has 2 aromatic heterocycles. The fourth-order valence-electron chi connectivity index (χ4n) is 4.40. The van der Waals surface area contributed by atoms with E-state index >= 15 is 0 Å². The van der Waals surface area contributed by atoms with Crippen LogP contribution in [0.1, 0.15) is 24.1 Å². The highest BCUT2D eigenvalue weighted by molar-refractivity contribution is 6.31. The van der Waals surface area contributed by atoms with Crippen molar-refractivity contribution < 1.29 is 9.59 Å². The van der Waals surface area contributed by atoms with Crippen molar-refractivity contribution in [1.82, 2.24) is 14.9 Å². The van der Waals surface area contributed by atoms with Gasteiger partial charge in [0.1, 0.15) is 0 Å². The lowest BCUT2D eigenvalue weighted by Crippen LogP contribution is -2.34. The molecule has 3 amide bonds. The Morgan fingerprint density at radius 2 is 2.10 bits per heavy atom. The highest BCUT2D eigenvalue weighted by Gasteiger charge is 2.59. The number of anilines is 1. The van der Waals surface area contributed by atoms with E-state index in [9.17, 15) is 9.59 Å². The smallest absolute Gasteiger partial charge is 0.312 e. The van der Waals surface area contributed by atoms with Gasteiger partial charge >= 0.3 is 6.03 Å². The molecule has 7 nitrogen and oxygen atoms in total. The van der Waals surface area contributed by atoms with Gasteiger partial charge in [0.2, 0.25) is 5.91 Å². The first-order chi connectivity index (χ1) is 14.0. The SMILES string of the molecule is NC(=O)NCCn1c(CN2C(=O)C3(CC3)c3ccncc32)cc2cc(Cl)ccc21. The number of nitrogens with zero attached hydrogens (tertiary/aromatic N) is 3. The summed E-state index contributed by atoms with van der Waals surface area (Å²) in [6.07, 6.45) is 5.31. The van der Waals surface area contributed by atoms with Gasteiger partial charge in [-0.05, 0) is 48.7 Å². The van der Waals surface area contributed by atoms with Gasteiger partial charge in [-0.25, -0.2) is 4.79 Å². The highest BCUT2D eigenvalue weighted by Crippen LogP contribution is 2.57. The van der Waals surface area contributed by atoms with E-state index in [4.69, 9.17) is 17.3 Å². The molecule has 1 fully saturated rings. The van der Waals surface area contributed by atoms with Gasteiger partial charge in [-0.2, -0.15) is 0 Å². The first-order valence-electron chi connectivity index (χ1n) is 9.57. The molecule has 0 radical (unpaired) electrons. The van der Waals surface area contributed by atoms with E-state index in [-0.39, 0.29) is 11.3 Å². The number of aromatic nitrogens is 2. The fourth-order valence-corrected chi connectivity index (χ4v) is 4.58. The zero-order chi connectivity index (χ0) is 20.2. The number of halogens is 1. The van der Waals surface area contributed by atoms with Crippen molar-refractivity contribution in [3.05, 3.63) is 59.0 Å². The summed E-state index contributed by atoms with van der Waals surface area (Å²) in [6, 6.07) is 9.15. The third-order valence-electron chi connectivity index (χ3n) is 5.91. The Hall–Kier alpha value is -3.06. The van der Waals surface area contributed by atoms with Crippen LogP contribution >= 0.6 is 11.6 Å². The Bertz CT molecular complexity index is 1150. The third-order valence-corrected chi connectivity index (χ3v) is 6.15. The van der Waals surface area contributed by atoms with E-state index in [0.29, 0.717) is 24.7 Å². The maximum Gasteiger partial charge on any atom is 0.312 e. The molecule has 3 heterocycles. The van der Waals surface area contributed by atoms with Crippen molar-refractivity contribution in [3.63, 3.8) is 0 Å². The Morgan fingerprint density at radius 3 is 2.86 bits per heavy atom. The van der Waals surface area contributed by atoms with E-state index < -0.39 is 6.03 Å². The zero-order valence-corrected chi connectivity index (χ0v) is 16.4. The number of rotatable bonds is 5. The molecule has 1 aliphatic heterocycles. The third kappa shape index (κ3) is 2.84. The maximum absolute atomic E-state index is 13.2. The highest BCUT2D eigenvalue weighted by atomic mass is 35.5. The van der Waals surface area contributed by atoms with E-state index in [1.165, 1.54) is 0 Å². The molecule has 0 saturated heterocycles. The second-order valence-corrected chi connectivity index (χ2v) is 8.08. The molecule has 1 aliphatic carbocycles. The Labute approximate surface area is 172 Å². The van der Waals surface area contributed by atoms with Crippen molar-refractivity contribution in [2.24, 2.45) is 5.73 Å². The Balaban J connectivity index is 1.53. The average molecular weight is 410 g/mol. The molecule has 3 N–H and O–H groups in total. The topological polar surface area (TPSA) is 93.3 Å². The lowest BCUT2D eigenvalue weighted by Gasteiger charge is -2.20. The molecule has 29 heavy (non-hydrogen) atoms. The molecule has 3 aromatic rings. The monoisotopic (exact) mass is 409 g/mol. The van der Waals surface area contributed by atoms with Crippen molar-refractivity contribution >= 4 is 40.1 Å². The van der Waals surface area contributed by atoms with Crippen molar-refractivity contribution in [3.8, 4) is 0 Å². The second-order valence-electron chi connectivity index (χ2n) is 7.65. The molecule has 148 valence electrons. The standard InChI is InChI=1S/C21H20ClN5O2/c22-14-1-2-17-13(9-14)10-15(26(17)8-7-25-20(23)29)12-27-18-11-24-6-3-16(18)21(4-5-21)19(27)28/h1-3,6,9-11H,4-5,7-8,12H2,(H3,23,25,29). The second kappa shape index (κ2) is 6.49. The lowest BCUT2D eigenvalue weighted by molar-refractivity contribution is -0.120. The summed E-state index contributed by atoms with van der Waals surface area (Å²) < 4.78 is 2.10. The summed E-state index contributed by atoms with van der Waals surface area (Å²) >= 11 is 6.18. The molecule has 5 rings (SSSR count). The molecular formula is C21H20ClN5O2. The number of amides is 3. The first kappa shape index (κ1) is 18.0. The van der Waals surface area contributed by atoms with Gasteiger partial charge in [0, 0.05) is 40.9 Å². The normalized spacial score (nSPS) is 16.4. The molecule has 1 spiro atoms. The van der Waals surface area contributed by atoms with Crippen LogP contribution in [0.4, 0.5) is 10.5 Å². The number of hydrogen-bond acceptors (Lipinski definition) is 3. The average Bonchev–Trinajstić information content (AvgIpc) is 3.39. The summed E-state index contributed by atoms with van der Waals surface area (Å²) in [4.78, 5) is 30.4. The molecule has 2 aliphatic rings. The number of primary amides is 1. The largest absolute Gasteiger partial charge is 0.352 e. The number of fused-ring (bicyclic) bond motifs is 3. The fraction of sp³-hybridized carbons (Fsp3) is 0.286. The minimum Gasteiger partial charge on any atom is -0.352 e. The van der Waals surface area contributed by atoms with Gasteiger partial charge in [0.05, 0.1) is 23.8 Å². The Morgan fingerprint density at radius 1 is 1.28 bits per heavy atom.